The molecule has 0 unspecified atom stereocenters. The number of nitrogens with one attached hydrogen (secondary N) is 12. The summed E-state index contributed by atoms with van der Waals surface area (Å²) in [6, 6.07) is -7.67. The van der Waals surface area contributed by atoms with Gasteiger partial charge in [0.25, 0.3) is 5.91 Å². The van der Waals surface area contributed by atoms with Gasteiger partial charge in [-0.1, -0.05) is 166 Å². The Morgan fingerprint density at radius 1 is 0.610 bits per heavy atom. The molecule has 15 N–H and O–H groups in total. The highest BCUT2D eigenvalue weighted by Crippen LogP contribution is 2.23. The molecule has 30 heteroatoms. The highest BCUT2D eigenvalue weighted by molar-refractivity contribution is 6.03. The summed E-state index contributed by atoms with van der Waals surface area (Å²) in [5.74, 6) is -15.1. The number of aliphatic hydroxyl groups is 1. The van der Waals surface area contributed by atoms with Crippen molar-refractivity contribution < 1.29 is 77.0 Å². The number of nitrogens with zero attached hydrogens (tertiary/aromatic N) is 1. The Morgan fingerprint density at radius 2 is 1.15 bits per heavy atom. The molecule has 2 saturated heterocycles. The van der Waals surface area contributed by atoms with Gasteiger partial charge in [0, 0.05) is 19.4 Å². The van der Waals surface area contributed by atoms with Crippen molar-refractivity contribution in [1.29, 1.82) is 0 Å². The van der Waals surface area contributed by atoms with Crippen LogP contribution in [0.4, 0.5) is 0 Å². The SMILES string of the molecule is C/C=C1\NC(=O)[C@H](Cc2ccccc2)NC(=O)[C@@H](C(C)C)NC(=O)[C@@H]([C@H](C)CC)NC(=O)[C@H](NC(=O)[C@H](NC(=O)[C@H](CCCN)NC(=O)[C@H]2CCCN2C(=O)[C@H](NC(=O)[C@@H](NC(=O)[C@@H](NC(=O)[C@H](NC(=O)CCCC(C)C)C(C)C)[C@@H](C)O)C(C)C)C(C)C)[C@H](C)CC)[C@H](C)OC(=O)[C@H](C(C)C)NC1=O. The van der Waals surface area contributed by atoms with E-state index in [0.717, 1.165) is 6.42 Å². The Kier molecular flexibility index (Phi) is 37.8. The maximum atomic E-state index is 15.0. The molecular weight excluding hydrogens is 1350 g/mol. The average Bonchev–Trinajstić information content (AvgIpc) is 1.79. The summed E-state index contributed by atoms with van der Waals surface area (Å²) in [5, 5.41) is 43.2. The zero-order valence-electron chi connectivity index (χ0n) is 65.2. The Balaban J connectivity index is 2.00. The van der Waals surface area contributed by atoms with E-state index in [-0.39, 0.29) is 63.2 Å². The van der Waals surface area contributed by atoms with E-state index >= 15 is 9.59 Å². The van der Waals surface area contributed by atoms with Crippen LogP contribution in [-0.2, 0) is 78.3 Å². The first-order chi connectivity index (χ1) is 49.2. The number of nitrogens with two attached hydrogens (primary N) is 1. The van der Waals surface area contributed by atoms with Gasteiger partial charge in [-0.2, -0.15) is 0 Å². The fourth-order valence-electron chi connectivity index (χ4n) is 12.1. The lowest BCUT2D eigenvalue weighted by Gasteiger charge is -2.33. The normalized spacial score (nSPS) is 22.6. The second-order valence-electron chi connectivity index (χ2n) is 30.2. The standard InChI is InChI=1S/C75H124N14O16/c1-20-44(16)59(71(100)88-62-47(19)105-75(104)58(43(14)15)84-63(92)49(22-3)77-65(94)51(37-48-30-24-23-25-31-48)79-67(96)55(40(8)9)81-70(99)60(45(17)21-2)86-73(62)102)85-64(93)50(32-27-35-76)78-66(95)52-33-28-36-89(52)74(103)57(42(12)13)83-69(98)56(41(10)11)82-72(101)61(46(18)90)87-68(97)54(39(6)7)80-53(91)34-26-29-38(4)5/h22-25,30-31,38-47,50-52,54-62,90H,20-21,26-29,32-37,76H2,1-19H3,(H,77,94)(H,78,95)(H,79,96)(H,80,91)(H,81,99)(H,82,101)(H,83,98)(H,84,92)(H,85,93)(H,86,102)(H,87,97)(H,88,100)/b49-22-/t44-,45-,46-,47+,50+,51+,52-,54-,55-,56+,57-,58+,59-,60-,61+,62-/m1/s1. The van der Waals surface area contributed by atoms with Gasteiger partial charge in [-0.25, -0.2) is 4.79 Å². The molecule has 3 rings (SSSR count). The van der Waals surface area contributed by atoms with Gasteiger partial charge in [0.1, 0.15) is 84.3 Å². The lowest BCUT2D eigenvalue weighted by molar-refractivity contribution is -0.157. The molecule has 0 bridgehead atoms. The molecule has 2 fully saturated rings. The summed E-state index contributed by atoms with van der Waals surface area (Å²) < 4.78 is 5.96. The molecule has 2 heterocycles. The quantitative estimate of drug-likeness (QED) is 0.0353. The minimum absolute atomic E-state index is 0.0355. The molecular formula is C75H124N14O16. The van der Waals surface area contributed by atoms with Crippen LogP contribution in [0.3, 0.4) is 0 Å². The fraction of sp³-hybridized carbons (Fsp3) is 0.707. The summed E-state index contributed by atoms with van der Waals surface area (Å²) in [5.41, 5.74) is 6.34. The molecule has 0 spiro atoms. The molecule has 0 aromatic heterocycles. The maximum absolute atomic E-state index is 15.0. The summed E-state index contributed by atoms with van der Waals surface area (Å²) in [6.45, 7) is 31.8. The zero-order chi connectivity index (χ0) is 79.4. The molecule has 1 aromatic carbocycles. The van der Waals surface area contributed by atoms with E-state index in [9.17, 15) is 62.6 Å². The largest absolute Gasteiger partial charge is 0.458 e. The summed E-state index contributed by atoms with van der Waals surface area (Å²) in [7, 11) is 0. The number of likely N-dealkylation sites (tertiary alicyclic amines) is 1. The third kappa shape index (κ3) is 27.7. The molecule has 590 valence electrons. The van der Waals surface area contributed by atoms with Gasteiger partial charge < -0.3 is 84.3 Å². The van der Waals surface area contributed by atoms with E-state index in [2.05, 4.69) is 63.8 Å². The summed E-state index contributed by atoms with van der Waals surface area (Å²) in [4.78, 5) is 202. The number of amides is 13. The minimum atomic E-state index is -1.83. The molecule has 13 amide bonds. The number of allylic oxidation sites excluding steroid dienone is 1. The number of carbonyl (C=O) groups excluding carboxylic acids is 14. The number of hydrogen-bond acceptors (Lipinski definition) is 17. The molecule has 0 radical (unpaired) electrons. The van der Waals surface area contributed by atoms with Gasteiger partial charge in [-0.05, 0) is 112 Å². The van der Waals surface area contributed by atoms with Crippen molar-refractivity contribution in [2.24, 2.45) is 53.1 Å². The number of ether oxygens (including phenoxy) is 1. The van der Waals surface area contributed by atoms with E-state index in [1.807, 2.05) is 13.8 Å². The Hall–Kier alpha value is -8.54. The van der Waals surface area contributed by atoms with Crippen LogP contribution >= 0.6 is 0 Å². The first-order valence-electron chi connectivity index (χ1n) is 37.5. The van der Waals surface area contributed by atoms with Crippen molar-refractivity contribution in [3.8, 4) is 0 Å². The van der Waals surface area contributed by atoms with Crippen LogP contribution in [0.1, 0.15) is 195 Å². The van der Waals surface area contributed by atoms with Crippen molar-refractivity contribution in [2.75, 3.05) is 13.1 Å². The van der Waals surface area contributed by atoms with Crippen LogP contribution in [0.25, 0.3) is 0 Å². The van der Waals surface area contributed by atoms with Gasteiger partial charge >= 0.3 is 5.97 Å². The van der Waals surface area contributed by atoms with Crippen LogP contribution in [0.5, 0.6) is 0 Å². The van der Waals surface area contributed by atoms with Crippen molar-refractivity contribution in [3.05, 3.63) is 47.7 Å². The molecule has 105 heavy (non-hydrogen) atoms. The average molecular weight is 1480 g/mol. The van der Waals surface area contributed by atoms with E-state index in [1.54, 1.807) is 127 Å². The first kappa shape index (κ1) is 90.7. The Morgan fingerprint density at radius 3 is 1.69 bits per heavy atom. The van der Waals surface area contributed by atoms with Gasteiger partial charge in [0.15, 0.2) is 0 Å². The van der Waals surface area contributed by atoms with Crippen LogP contribution in [0.15, 0.2) is 42.1 Å². The number of aliphatic hydroxyl groups excluding tert-OH is 1. The second-order valence-corrected chi connectivity index (χ2v) is 30.2. The van der Waals surface area contributed by atoms with Gasteiger partial charge in [-0.3, -0.25) is 62.3 Å². The predicted octanol–water partition coefficient (Wildman–Crippen LogP) is 1.84. The van der Waals surface area contributed by atoms with Crippen molar-refractivity contribution in [1.82, 2.24) is 68.7 Å². The Labute approximate surface area is 620 Å². The van der Waals surface area contributed by atoms with Crippen molar-refractivity contribution in [2.45, 2.75) is 280 Å². The van der Waals surface area contributed by atoms with E-state index in [4.69, 9.17) is 10.5 Å². The maximum Gasteiger partial charge on any atom is 0.329 e. The number of cyclic esters (lactones) is 1. The predicted molar refractivity (Wildman–Crippen MR) is 395 cm³/mol. The monoisotopic (exact) mass is 1480 g/mol. The molecule has 1 aromatic rings. The van der Waals surface area contributed by atoms with Gasteiger partial charge in [0.05, 0.1) is 6.10 Å². The lowest BCUT2D eigenvalue weighted by Crippen LogP contribution is -2.64. The molecule has 16 atom stereocenters. The van der Waals surface area contributed by atoms with Crippen molar-refractivity contribution in [3.63, 3.8) is 0 Å². The second kappa shape index (κ2) is 43.8. The van der Waals surface area contributed by atoms with E-state index in [0.29, 0.717) is 30.7 Å². The van der Waals surface area contributed by atoms with E-state index in [1.165, 1.54) is 31.7 Å². The Bertz CT molecular complexity index is 3160. The number of carbonyl (C=O) groups is 14. The number of rotatable bonds is 33. The van der Waals surface area contributed by atoms with Crippen LogP contribution in [-0.4, -0.2) is 191 Å². The summed E-state index contributed by atoms with van der Waals surface area (Å²) in [6.07, 6.45) is 1.02. The highest BCUT2D eigenvalue weighted by atomic mass is 16.5. The third-order valence-corrected chi connectivity index (χ3v) is 19.3. The number of hydrogen-bond donors (Lipinski definition) is 14. The fourth-order valence-corrected chi connectivity index (χ4v) is 12.1. The number of esters is 1. The number of benzene rings is 1. The summed E-state index contributed by atoms with van der Waals surface area (Å²) >= 11 is 0. The third-order valence-electron chi connectivity index (χ3n) is 19.3. The van der Waals surface area contributed by atoms with Gasteiger partial charge in [-0.15, -0.1) is 0 Å². The topological polar surface area (TPSA) is 442 Å². The molecule has 30 nitrogen and oxygen atoms in total. The van der Waals surface area contributed by atoms with Crippen LogP contribution < -0.4 is 69.5 Å². The molecule has 2 aliphatic heterocycles. The first-order valence-corrected chi connectivity index (χ1v) is 37.5. The smallest absolute Gasteiger partial charge is 0.329 e. The molecule has 0 saturated carbocycles. The van der Waals surface area contributed by atoms with E-state index < -0.39 is 203 Å². The lowest BCUT2D eigenvalue weighted by atomic mass is 9.95. The zero-order valence-corrected chi connectivity index (χ0v) is 65.2. The van der Waals surface area contributed by atoms with Crippen molar-refractivity contribution >= 4 is 82.8 Å². The minimum Gasteiger partial charge on any atom is -0.458 e. The highest BCUT2D eigenvalue weighted by Gasteiger charge is 2.44. The van der Waals surface area contributed by atoms with Crippen LogP contribution in [0.2, 0.25) is 0 Å². The molecule has 2 aliphatic rings. The molecule has 0 aliphatic carbocycles. The van der Waals surface area contributed by atoms with Crippen LogP contribution in [0, 0.1) is 47.3 Å². The van der Waals surface area contributed by atoms with Gasteiger partial charge in [0.2, 0.25) is 70.9 Å².